The summed E-state index contributed by atoms with van der Waals surface area (Å²) in [6, 6.07) is 5.97. The molecule has 1 aromatic rings. The maximum Gasteiger partial charge on any atom is 0.243 e. The third-order valence-corrected chi connectivity index (χ3v) is 2.74. The molecule has 1 aliphatic rings. The fourth-order valence-electron chi connectivity index (χ4n) is 1.76. The van der Waals surface area contributed by atoms with Crippen LogP contribution in [0.2, 0.25) is 0 Å². The lowest BCUT2D eigenvalue weighted by molar-refractivity contribution is -0.134. The van der Waals surface area contributed by atoms with E-state index in [1.54, 1.807) is 18.2 Å². The van der Waals surface area contributed by atoms with E-state index in [9.17, 15) is 14.0 Å². The maximum atomic E-state index is 13.3. The van der Waals surface area contributed by atoms with Gasteiger partial charge in [0.05, 0.1) is 6.04 Å². The van der Waals surface area contributed by atoms with Crippen molar-refractivity contribution in [2.75, 3.05) is 0 Å². The molecule has 0 aliphatic carbocycles. The van der Waals surface area contributed by atoms with Crippen LogP contribution < -0.4 is 10.6 Å². The number of halogens is 1. The largest absolute Gasteiger partial charge is 0.302 e. The lowest BCUT2D eigenvalue weighted by atomic mass is 10.1. The van der Waals surface area contributed by atoms with Crippen LogP contribution >= 0.6 is 0 Å². The molecule has 1 atom stereocenters. The van der Waals surface area contributed by atoms with Gasteiger partial charge in [-0.3, -0.25) is 14.9 Å². The fraction of sp³-hybridized carbons (Fsp3) is 0.333. The number of amides is 2. The first-order chi connectivity index (χ1) is 8.16. The Balaban J connectivity index is 1.92. The molecule has 2 rings (SSSR count). The van der Waals surface area contributed by atoms with Gasteiger partial charge in [0, 0.05) is 18.5 Å². The van der Waals surface area contributed by atoms with Crippen molar-refractivity contribution in [2.24, 2.45) is 0 Å². The molecule has 5 heteroatoms. The molecule has 0 saturated carbocycles. The van der Waals surface area contributed by atoms with E-state index in [1.807, 2.05) is 0 Å². The van der Waals surface area contributed by atoms with Gasteiger partial charge >= 0.3 is 0 Å². The summed E-state index contributed by atoms with van der Waals surface area (Å²) in [4.78, 5) is 22.4. The van der Waals surface area contributed by atoms with E-state index in [4.69, 9.17) is 0 Å². The summed E-state index contributed by atoms with van der Waals surface area (Å²) in [5, 5.41) is 5.19. The molecule has 1 saturated heterocycles. The van der Waals surface area contributed by atoms with Gasteiger partial charge in [0.2, 0.25) is 11.8 Å². The minimum Gasteiger partial charge on any atom is -0.302 e. The number of hydrogen-bond acceptors (Lipinski definition) is 3. The standard InChI is InChI=1S/C12H13FN2O2/c13-9-4-2-1-3-8(9)7-14-10-5-6-11(16)15-12(10)17/h1-4,10,14H,5-7H2,(H,15,16,17)/t10-/m0/s1. The van der Waals surface area contributed by atoms with Crippen molar-refractivity contribution in [2.45, 2.75) is 25.4 Å². The van der Waals surface area contributed by atoms with Crippen LogP contribution in [-0.4, -0.2) is 17.9 Å². The molecular weight excluding hydrogens is 223 g/mol. The first-order valence-corrected chi connectivity index (χ1v) is 5.47. The highest BCUT2D eigenvalue weighted by atomic mass is 19.1. The second kappa shape index (κ2) is 5.05. The summed E-state index contributed by atoms with van der Waals surface area (Å²) < 4.78 is 13.3. The summed E-state index contributed by atoms with van der Waals surface area (Å²) in [7, 11) is 0. The second-order valence-corrected chi connectivity index (χ2v) is 3.98. The number of nitrogens with one attached hydrogen (secondary N) is 2. The number of carbonyl (C=O) groups excluding carboxylic acids is 2. The van der Waals surface area contributed by atoms with E-state index < -0.39 is 6.04 Å². The summed E-state index contributed by atoms with van der Waals surface area (Å²) in [5.74, 6) is -0.885. The first kappa shape index (κ1) is 11.7. The zero-order valence-corrected chi connectivity index (χ0v) is 9.20. The minimum atomic E-state index is -0.424. The number of carbonyl (C=O) groups is 2. The van der Waals surface area contributed by atoms with E-state index in [1.165, 1.54) is 6.07 Å². The van der Waals surface area contributed by atoms with E-state index in [2.05, 4.69) is 10.6 Å². The number of hydrogen-bond donors (Lipinski definition) is 2. The number of rotatable bonds is 3. The van der Waals surface area contributed by atoms with Gasteiger partial charge in [-0.05, 0) is 12.5 Å². The molecule has 2 N–H and O–H groups in total. The van der Waals surface area contributed by atoms with Crippen molar-refractivity contribution < 1.29 is 14.0 Å². The van der Waals surface area contributed by atoms with E-state index >= 15 is 0 Å². The van der Waals surface area contributed by atoms with Gasteiger partial charge in [0.15, 0.2) is 0 Å². The molecule has 4 nitrogen and oxygen atoms in total. The predicted molar refractivity (Wildman–Crippen MR) is 59.4 cm³/mol. The highest BCUT2D eigenvalue weighted by Crippen LogP contribution is 2.09. The van der Waals surface area contributed by atoms with Gasteiger partial charge in [0.1, 0.15) is 5.82 Å². The van der Waals surface area contributed by atoms with Gasteiger partial charge in [-0.25, -0.2) is 4.39 Å². The third-order valence-electron chi connectivity index (χ3n) is 2.74. The van der Waals surface area contributed by atoms with Crippen LogP contribution in [-0.2, 0) is 16.1 Å². The van der Waals surface area contributed by atoms with Crippen LogP contribution in [0.3, 0.4) is 0 Å². The molecular formula is C12H13FN2O2. The van der Waals surface area contributed by atoms with Crippen molar-refractivity contribution in [3.05, 3.63) is 35.6 Å². The molecule has 0 radical (unpaired) electrons. The topological polar surface area (TPSA) is 58.2 Å². The first-order valence-electron chi connectivity index (χ1n) is 5.47. The van der Waals surface area contributed by atoms with Gasteiger partial charge < -0.3 is 5.32 Å². The predicted octanol–water partition coefficient (Wildman–Crippen LogP) is 0.720. The third kappa shape index (κ3) is 2.88. The van der Waals surface area contributed by atoms with Crippen LogP contribution in [0.1, 0.15) is 18.4 Å². The average Bonchev–Trinajstić information content (AvgIpc) is 2.30. The van der Waals surface area contributed by atoms with Crippen LogP contribution in [0.15, 0.2) is 24.3 Å². The Morgan fingerprint density at radius 1 is 1.35 bits per heavy atom. The molecule has 1 heterocycles. The number of imide groups is 1. The smallest absolute Gasteiger partial charge is 0.243 e. The summed E-state index contributed by atoms with van der Waals surface area (Å²) in [6.07, 6.45) is 0.778. The van der Waals surface area contributed by atoms with Crippen molar-refractivity contribution in [3.8, 4) is 0 Å². The molecule has 0 spiro atoms. The molecule has 0 aromatic heterocycles. The molecule has 2 amide bonds. The van der Waals surface area contributed by atoms with E-state index in [0.29, 0.717) is 18.4 Å². The lowest BCUT2D eigenvalue weighted by Gasteiger charge is -2.21. The zero-order chi connectivity index (χ0) is 12.3. The Morgan fingerprint density at radius 3 is 2.82 bits per heavy atom. The van der Waals surface area contributed by atoms with Gasteiger partial charge in [-0.15, -0.1) is 0 Å². The molecule has 0 unspecified atom stereocenters. The van der Waals surface area contributed by atoms with E-state index in [0.717, 1.165) is 0 Å². The van der Waals surface area contributed by atoms with Gasteiger partial charge in [-0.1, -0.05) is 18.2 Å². The molecule has 1 aliphatic heterocycles. The van der Waals surface area contributed by atoms with Crippen molar-refractivity contribution >= 4 is 11.8 Å². The second-order valence-electron chi connectivity index (χ2n) is 3.98. The summed E-state index contributed by atoms with van der Waals surface area (Å²) >= 11 is 0. The Morgan fingerprint density at radius 2 is 2.12 bits per heavy atom. The summed E-state index contributed by atoms with van der Waals surface area (Å²) in [6.45, 7) is 0.277. The highest BCUT2D eigenvalue weighted by molar-refractivity contribution is 6.00. The maximum absolute atomic E-state index is 13.3. The van der Waals surface area contributed by atoms with Crippen molar-refractivity contribution in [3.63, 3.8) is 0 Å². The quantitative estimate of drug-likeness (QED) is 0.760. The number of benzene rings is 1. The molecule has 90 valence electrons. The lowest BCUT2D eigenvalue weighted by Crippen LogP contribution is -2.50. The van der Waals surface area contributed by atoms with Crippen LogP contribution in [0.25, 0.3) is 0 Å². The van der Waals surface area contributed by atoms with Crippen molar-refractivity contribution in [1.29, 1.82) is 0 Å². The molecule has 1 fully saturated rings. The van der Waals surface area contributed by atoms with Gasteiger partial charge in [-0.2, -0.15) is 0 Å². The number of piperidine rings is 1. The highest BCUT2D eigenvalue weighted by Gasteiger charge is 2.25. The van der Waals surface area contributed by atoms with Crippen LogP contribution in [0.4, 0.5) is 4.39 Å². The normalized spacial score (nSPS) is 20.2. The Bertz CT molecular complexity index is 448. The Labute approximate surface area is 98.2 Å². The Hall–Kier alpha value is -1.75. The van der Waals surface area contributed by atoms with Crippen molar-refractivity contribution in [1.82, 2.24) is 10.6 Å². The molecule has 0 bridgehead atoms. The minimum absolute atomic E-state index is 0.251. The summed E-state index contributed by atoms with van der Waals surface area (Å²) in [5.41, 5.74) is 0.511. The SMILES string of the molecule is O=C1CC[C@H](NCc2ccccc2F)C(=O)N1. The van der Waals surface area contributed by atoms with Crippen LogP contribution in [0.5, 0.6) is 0 Å². The Kier molecular flexibility index (Phi) is 3.49. The molecule has 1 aromatic carbocycles. The monoisotopic (exact) mass is 236 g/mol. The van der Waals surface area contributed by atoms with E-state index in [-0.39, 0.29) is 24.2 Å². The van der Waals surface area contributed by atoms with Gasteiger partial charge in [0.25, 0.3) is 0 Å². The molecule has 17 heavy (non-hydrogen) atoms. The average molecular weight is 236 g/mol. The van der Waals surface area contributed by atoms with Crippen LogP contribution in [0, 0.1) is 5.82 Å². The zero-order valence-electron chi connectivity index (χ0n) is 9.20. The fourth-order valence-corrected chi connectivity index (χ4v) is 1.76.